The SMILES string of the molecule is CC1(C)c2cc(Br)c(C=O)cc2C(C)(C)[C@@H](O)[C@H]1O. The number of hydrogen-bond acceptors (Lipinski definition) is 3. The van der Waals surface area contributed by atoms with Crippen LogP contribution in [0.2, 0.25) is 0 Å². The van der Waals surface area contributed by atoms with E-state index in [-0.39, 0.29) is 0 Å². The fraction of sp³-hybridized carbons (Fsp3) is 0.533. The maximum atomic E-state index is 11.1. The van der Waals surface area contributed by atoms with E-state index in [9.17, 15) is 15.0 Å². The van der Waals surface area contributed by atoms with Crippen molar-refractivity contribution in [3.63, 3.8) is 0 Å². The molecule has 0 saturated carbocycles. The number of aliphatic hydroxyl groups excluding tert-OH is 2. The fourth-order valence-electron chi connectivity index (χ4n) is 2.85. The van der Waals surface area contributed by atoms with Crippen LogP contribution in [0.25, 0.3) is 0 Å². The molecule has 3 nitrogen and oxygen atoms in total. The number of benzene rings is 1. The standard InChI is InChI=1S/C15H19BrO3/c1-14(2)9-5-8(7-17)11(16)6-10(9)15(3,4)13(19)12(14)18/h5-7,12-13,18-19H,1-4H3/t12-,13+/m0/s1. The summed E-state index contributed by atoms with van der Waals surface area (Å²) in [6.45, 7) is 7.58. The van der Waals surface area contributed by atoms with Gasteiger partial charge >= 0.3 is 0 Å². The third kappa shape index (κ3) is 1.97. The Hall–Kier alpha value is -0.710. The highest BCUT2D eigenvalue weighted by Crippen LogP contribution is 2.47. The van der Waals surface area contributed by atoms with Crippen LogP contribution in [0.1, 0.15) is 49.2 Å². The summed E-state index contributed by atoms with van der Waals surface area (Å²) in [5, 5.41) is 20.7. The van der Waals surface area contributed by atoms with Crippen LogP contribution in [-0.2, 0) is 10.8 Å². The van der Waals surface area contributed by atoms with E-state index in [0.717, 1.165) is 17.4 Å². The second-order valence-electron chi connectivity index (χ2n) is 6.37. The summed E-state index contributed by atoms with van der Waals surface area (Å²) in [4.78, 5) is 11.1. The van der Waals surface area contributed by atoms with Gasteiger partial charge in [0.2, 0.25) is 0 Å². The van der Waals surface area contributed by atoms with Crippen molar-refractivity contribution in [2.24, 2.45) is 0 Å². The van der Waals surface area contributed by atoms with Crippen molar-refractivity contribution in [3.8, 4) is 0 Å². The van der Waals surface area contributed by atoms with Gasteiger partial charge in [-0.15, -0.1) is 0 Å². The Morgan fingerprint density at radius 2 is 1.47 bits per heavy atom. The zero-order chi connectivity index (χ0) is 14.6. The summed E-state index contributed by atoms with van der Waals surface area (Å²) < 4.78 is 0.716. The summed E-state index contributed by atoms with van der Waals surface area (Å²) in [6, 6.07) is 3.69. The van der Waals surface area contributed by atoms with Crippen LogP contribution in [0.4, 0.5) is 0 Å². The Labute approximate surface area is 121 Å². The minimum atomic E-state index is -0.865. The van der Waals surface area contributed by atoms with Crippen molar-refractivity contribution in [1.29, 1.82) is 0 Å². The number of aliphatic hydroxyl groups is 2. The Bertz CT molecular complexity index is 534. The number of carbonyl (C=O) groups is 1. The van der Waals surface area contributed by atoms with Gasteiger partial charge in [-0.3, -0.25) is 4.79 Å². The summed E-state index contributed by atoms with van der Waals surface area (Å²) in [7, 11) is 0. The van der Waals surface area contributed by atoms with Crippen LogP contribution in [0.5, 0.6) is 0 Å². The monoisotopic (exact) mass is 326 g/mol. The van der Waals surface area contributed by atoms with Crippen LogP contribution in [-0.4, -0.2) is 28.7 Å². The lowest BCUT2D eigenvalue weighted by Crippen LogP contribution is -2.56. The number of carbonyl (C=O) groups excluding carboxylic acids is 1. The number of fused-ring (bicyclic) bond motifs is 1. The second-order valence-corrected chi connectivity index (χ2v) is 7.22. The summed E-state index contributed by atoms with van der Waals surface area (Å²) in [5.41, 5.74) is 1.29. The minimum Gasteiger partial charge on any atom is -0.389 e. The molecule has 0 saturated heterocycles. The van der Waals surface area contributed by atoms with Gasteiger partial charge in [-0.25, -0.2) is 0 Å². The van der Waals surface area contributed by atoms with Crippen molar-refractivity contribution in [2.75, 3.05) is 0 Å². The van der Waals surface area contributed by atoms with Gasteiger partial charge in [-0.2, -0.15) is 0 Å². The average molecular weight is 327 g/mol. The van der Waals surface area contributed by atoms with E-state index in [4.69, 9.17) is 0 Å². The van der Waals surface area contributed by atoms with E-state index in [1.54, 1.807) is 0 Å². The molecule has 4 heteroatoms. The highest BCUT2D eigenvalue weighted by atomic mass is 79.9. The molecule has 2 atom stereocenters. The molecule has 1 aliphatic carbocycles. The molecular weight excluding hydrogens is 308 g/mol. The highest BCUT2D eigenvalue weighted by Gasteiger charge is 2.50. The van der Waals surface area contributed by atoms with E-state index in [1.807, 2.05) is 39.8 Å². The van der Waals surface area contributed by atoms with E-state index >= 15 is 0 Å². The number of aldehydes is 1. The zero-order valence-corrected chi connectivity index (χ0v) is 13.2. The summed E-state index contributed by atoms with van der Waals surface area (Å²) in [5.74, 6) is 0. The molecule has 104 valence electrons. The number of rotatable bonds is 1. The van der Waals surface area contributed by atoms with Gasteiger partial charge in [0.1, 0.15) is 0 Å². The lowest BCUT2D eigenvalue weighted by molar-refractivity contribution is -0.0673. The smallest absolute Gasteiger partial charge is 0.151 e. The van der Waals surface area contributed by atoms with E-state index < -0.39 is 23.0 Å². The number of hydrogen-bond donors (Lipinski definition) is 2. The maximum absolute atomic E-state index is 11.1. The predicted octanol–water partition coefficient (Wildman–Crippen LogP) is 2.55. The molecule has 0 aliphatic heterocycles. The first-order valence-electron chi connectivity index (χ1n) is 6.30. The quantitative estimate of drug-likeness (QED) is 0.780. The van der Waals surface area contributed by atoms with Gasteiger partial charge < -0.3 is 10.2 Å². The molecule has 1 aliphatic rings. The van der Waals surface area contributed by atoms with Gasteiger partial charge in [-0.1, -0.05) is 43.6 Å². The van der Waals surface area contributed by atoms with Gasteiger partial charge in [0.05, 0.1) is 12.2 Å². The van der Waals surface area contributed by atoms with Crippen molar-refractivity contribution in [3.05, 3.63) is 33.3 Å². The van der Waals surface area contributed by atoms with Crippen LogP contribution < -0.4 is 0 Å². The Morgan fingerprint density at radius 1 is 1.05 bits per heavy atom. The largest absolute Gasteiger partial charge is 0.389 e. The van der Waals surface area contributed by atoms with Crippen LogP contribution in [0, 0.1) is 0 Å². The minimum absolute atomic E-state index is 0.561. The van der Waals surface area contributed by atoms with Crippen LogP contribution in [0.15, 0.2) is 16.6 Å². The number of halogens is 1. The molecule has 0 spiro atoms. The Morgan fingerprint density at radius 3 is 1.89 bits per heavy atom. The van der Waals surface area contributed by atoms with Crippen LogP contribution in [0.3, 0.4) is 0 Å². The second kappa shape index (κ2) is 4.40. The van der Waals surface area contributed by atoms with Crippen LogP contribution >= 0.6 is 15.9 Å². The topological polar surface area (TPSA) is 57.5 Å². The fourth-order valence-corrected chi connectivity index (χ4v) is 3.29. The molecule has 0 radical (unpaired) electrons. The van der Waals surface area contributed by atoms with Gasteiger partial charge in [0.25, 0.3) is 0 Å². The third-order valence-electron chi connectivity index (χ3n) is 4.43. The summed E-state index contributed by atoms with van der Waals surface area (Å²) >= 11 is 3.38. The first kappa shape index (κ1) is 14.7. The Balaban J connectivity index is 2.80. The van der Waals surface area contributed by atoms with Crippen molar-refractivity contribution < 1.29 is 15.0 Å². The predicted molar refractivity (Wildman–Crippen MR) is 77.6 cm³/mol. The summed E-state index contributed by atoms with van der Waals surface area (Å²) in [6.07, 6.45) is -0.912. The molecule has 1 aromatic rings. The normalized spacial score (nSPS) is 27.7. The average Bonchev–Trinajstić information content (AvgIpc) is 2.34. The first-order valence-corrected chi connectivity index (χ1v) is 7.09. The van der Waals surface area contributed by atoms with Crippen molar-refractivity contribution in [1.82, 2.24) is 0 Å². The maximum Gasteiger partial charge on any atom is 0.151 e. The molecule has 19 heavy (non-hydrogen) atoms. The van der Waals surface area contributed by atoms with Gasteiger partial charge in [-0.05, 0) is 23.3 Å². The molecular formula is C15H19BrO3. The molecule has 2 rings (SSSR count). The van der Waals surface area contributed by atoms with Gasteiger partial charge in [0.15, 0.2) is 6.29 Å². The molecule has 0 fully saturated rings. The molecule has 0 amide bonds. The molecule has 2 N–H and O–H groups in total. The third-order valence-corrected chi connectivity index (χ3v) is 5.12. The first-order chi connectivity index (χ1) is 8.64. The highest BCUT2D eigenvalue weighted by molar-refractivity contribution is 9.10. The molecule has 0 aromatic heterocycles. The zero-order valence-electron chi connectivity index (χ0n) is 11.6. The molecule has 0 bridgehead atoms. The van der Waals surface area contributed by atoms with E-state index in [1.165, 1.54) is 0 Å². The molecule has 0 unspecified atom stereocenters. The van der Waals surface area contributed by atoms with Crippen molar-refractivity contribution in [2.45, 2.75) is 50.7 Å². The van der Waals surface area contributed by atoms with E-state index in [2.05, 4.69) is 15.9 Å². The van der Waals surface area contributed by atoms with Gasteiger partial charge in [0, 0.05) is 20.9 Å². The molecule has 0 heterocycles. The lowest BCUT2D eigenvalue weighted by atomic mass is 9.60. The van der Waals surface area contributed by atoms with Crippen molar-refractivity contribution >= 4 is 22.2 Å². The molecule has 1 aromatic carbocycles. The lowest BCUT2D eigenvalue weighted by Gasteiger charge is -2.49. The Kier molecular flexibility index (Phi) is 3.40. The van der Waals surface area contributed by atoms with E-state index in [0.29, 0.717) is 10.0 Å².